The molecular formula is C8H18FNO. The predicted octanol–water partition coefficient (Wildman–Crippen LogP) is 1.10. The van der Waals surface area contributed by atoms with E-state index in [0.717, 1.165) is 26.5 Å². The first-order chi connectivity index (χ1) is 5.39. The van der Waals surface area contributed by atoms with Crippen molar-refractivity contribution in [2.75, 3.05) is 20.2 Å². The first-order valence-electron chi connectivity index (χ1n) is 4.19. The topological polar surface area (TPSA) is 32.3 Å². The maximum Gasteiger partial charge on any atom is 0.112 e. The molecule has 0 bridgehead atoms. The molecule has 2 nitrogen and oxygen atoms in total. The molecule has 0 spiro atoms. The second-order valence-corrected chi connectivity index (χ2v) is 2.65. The number of nitrogens with one attached hydrogen (secondary N) is 1. The summed E-state index contributed by atoms with van der Waals surface area (Å²) in [4.78, 5) is 0. The maximum absolute atomic E-state index is 12.6. The molecule has 1 heterocycles. The van der Waals surface area contributed by atoms with Crippen molar-refractivity contribution in [3.8, 4) is 0 Å². The highest BCUT2D eigenvalue weighted by Gasteiger charge is 2.07. The molecule has 2 N–H and O–H groups in total. The van der Waals surface area contributed by atoms with Crippen LogP contribution in [0.25, 0.3) is 0 Å². The summed E-state index contributed by atoms with van der Waals surface area (Å²) in [5.74, 6) is 0. The van der Waals surface area contributed by atoms with E-state index in [0.29, 0.717) is 6.54 Å². The van der Waals surface area contributed by atoms with Gasteiger partial charge in [0.1, 0.15) is 6.17 Å². The van der Waals surface area contributed by atoms with Gasteiger partial charge < -0.3 is 10.4 Å². The minimum absolute atomic E-state index is 0.569. The molecule has 0 aliphatic carbocycles. The van der Waals surface area contributed by atoms with Gasteiger partial charge in [0.2, 0.25) is 0 Å². The van der Waals surface area contributed by atoms with Gasteiger partial charge in [0.25, 0.3) is 0 Å². The van der Waals surface area contributed by atoms with E-state index in [9.17, 15) is 4.39 Å². The average molecular weight is 163 g/mol. The Morgan fingerprint density at radius 3 is 2.73 bits per heavy atom. The van der Waals surface area contributed by atoms with Gasteiger partial charge in [0.15, 0.2) is 0 Å². The van der Waals surface area contributed by atoms with E-state index in [1.807, 2.05) is 0 Å². The Morgan fingerprint density at radius 1 is 1.27 bits per heavy atom. The Morgan fingerprint density at radius 2 is 2.00 bits per heavy atom. The molecule has 1 fully saturated rings. The molecule has 68 valence electrons. The first-order valence-corrected chi connectivity index (χ1v) is 4.19. The normalized spacial score (nSPS) is 25.9. The van der Waals surface area contributed by atoms with E-state index in [1.54, 1.807) is 0 Å². The van der Waals surface area contributed by atoms with E-state index in [1.165, 1.54) is 12.8 Å². The predicted molar refractivity (Wildman–Crippen MR) is 44.4 cm³/mol. The summed E-state index contributed by atoms with van der Waals surface area (Å²) in [6, 6.07) is 0. The zero-order valence-electron chi connectivity index (χ0n) is 7.15. The van der Waals surface area contributed by atoms with Gasteiger partial charge in [-0.2, -0.15) is 0 Å². The van der Waals surface area contributed by atoms with E-state index < -0.39 is 6.17 Å². The lowest BCUT2D eigenvalue weighted by Gasteiger charge is -2.12. The highest BCUT2D eigenvalue weighted by Crippen LogP contribution is 2.07. The number of hydrogen-bond donors (Lipinski definition) is 2. The highest BCUT2D eigenvalue weighted by atomic mass is 19.1. The Balaban J connectivity index is 0.000000461. The van der Waals surface area contributed by atoms with Crippen LogP contribution in [0, 0.1) is 0 Å². The van der Waals surface area contributed by atoms with Crippen molar-refractivity contribution < 1.29 is 9.50 Å². The van der Waals surface area contributed by atoms with Gasteiger partial charge in [-0.1, -0.05) is 12.8 Å². The van der Waals surface area contributed by atoms with Crippen LogP contribution < -0.4 is 5.32 Å². The summed E-state index contributed by atoms with van der Waals surface area (Å²) in [6.45, 7) is 1.57. The SMILES string of the molecule is CO.FC1CCCCCNC1. The molecule has 11 heavy (non-hydrogen) atoms. The first kappa shape index (κ1) is 10.8. The average Bonchev–Trinajstić information content (AvgIpc) is 2.01. The van der Waals surface area contributed by atoms with Crippen molar-refractivity contribution in [1.82, 2.24) is 5.32 Å². The summed E-state index contributed by atoms with van der Waals surface area (Å²) in [5.41, 5.74) is 0. The van der Waals surface area contributed by atoms with Gasteiger partial charge in [-0.3, -0.25) is 0 Å². The molecule has 3 heteroatoms. The van der Waals surface area contributed by atoms with Crippen molar-refractivity contribution in [2.24, 2.45) is 0 Å². The highest BCUT2D eigenvalue weighted by molar-refractivity contribution is 4.63. The number of hydrogen-bond acceptors (Lipinski definition) is 2. The van der Waals surface area contributed by atoms with Gasteiger partial charge in [0, 0.05) is 13.7 Å². The molecule has 0 radical (unpaired) electrons. The molecular weight excluding hydrogens is 145 g/mol. The lowest BCUT2D eigenvalue weighted by Crippen LogP contribution is -2.26. The van der Waals surface area contributed by atoms with E-state index in [-0.39, 0.29) is 0 Å². The molecule has 1 aliphatic heterocycles. The molecule has 1 saturated heterocycles. The third-order valence-electron chi connectivity index (χ3n) is 1.74. The number of rotatable bonds is 0. The van der Waals surface area contributed by atoms with E-state index in [2.05, 4.69) is 5.32 Å². The molecule has 0 aromatic carbocycles. The van der Waals surface area contributed by atoms with Crippen molar-refractivity contribution in [1.29, 1.82) is 0 Å². The van der Waals surface area contributed by atoms with Crippen LogP contribution in [-0.2, 0) is 0 Å². The van der Waals surface area contributed by atoms with Crippen LogP contribution in [0.5, 0.6) is 0 Å². The Kier molecular flexibility index (Phi) is 7.84. The third-order valence-corrected chi connectivity index (χ3v) is 1.74. The summed E-state index contributed by atoms with van der Waals surface area (Å²) in [5, 5.41) is 10.1. The molecule has 0 amide bonds. The van der Waals surface area contributed by atoms with Gasteiger partial charge >= 0.3 is 0 Å². The number of halogens is 1. The van der Waals surface area contributed by atoms with Crippen LogP contribution in [-0.4, -0.2) is 31.5 Å². The second-order valence-electron chi connectivity index (χ2n) is 2.65. The monoisotopic (exact) mass is 163 g/mol. The van der Waals surface area contributed by atoms with Crippen LogP contribution in [0.15, 0.2) is 0 Å². The fourth-order valence-corrected chi connectivity index (χ4v) is 1.15. The molecule has 0 saturated carbocycles. The molecule has 1 unspecified atom stereocenters. The quantitative estimate of drug-likeness (QED) is 0.560. The minimum atomic E-state index is -0.592. The summed E-state index contributed by atoms with van der Waals surface area (Å²) < 4.78 is 12.6. The largest absolute Gasteiger partial charge is 0.400 e. The number of alkyl halides is 1. The van der Waals surface area contributed by atoms with Crippen LogP contribution >= 0.6 is 0 Å². The standard InChI is InChI=1S/C7H14FN.CH4O/c8-7-4-2-1-3-5-9-6-7;1-2/h7,9H,1-6H2;2H,1H3. The Labute approximate surface area is 67.8 Å². The smallest absolute Gasteiger partial charge is 0.112 e. The van der Waals surface area contributed by atoms with E-state index >= 15 is 0 Å². The van der Waals surface area contributed by atoms with Crippen molar-refractivity contribution in [2.45, 2.75) is 31.9 Å². The summed E-state index contributed by atoms with van der Waals surface area (Å²) in [7, 11) is 1.00. The maximum atomic E-state index is 12.6. The van der Waals surface area contributed by atoms with Gasteiger partial charge in [-0.15, -0.1) is 0 Å². The molecule has 0 aromatic heterocycles. The zero-order valence-corrected chi connectivity index (χ0v) is 7.15. The van der Waals surface area contributed by atoms with Gasteiger partial charge in [-0.25, -0.2) is 4.39 Å². The molecule has 1 aliphatic rings. The summed E-state index contributed by atoms with van der Waals surface area (Å²) >= 11 is 0. The van der Waals surface area contributed by atoms with Gasteiger partial charge in [-0.05, 0) is 19.4 Å². The number of aliphatic hydroxyl groups is 1. The Bertz CT molecular complexity index is 72.5. The fraction of sp³-hybridized carbons (Fsp3) is 1.00. The van der Waals surface area contributed by atoms with Crippen molar-refractivity contribution in [3.05, 3.63) is 0 Å². The van der Waals surface area contributed by atoms with Crippen LogP contribution in [0.4, 0.5) is 4.39 Å². The van der Waals surface area contributed by atoms with Crippen molar-refractivity contribution in [3.63, 3.8) is 0 Å². The Hall–Kier alpha value is -0.150. The summed E-state index contributed by atoms with van der Waals surface area (Å²) in [6.07, 6.45) is 3.64. The van der Waals surface area contributed by atoms with Crippen molar-refractivity contribution >= 4 is 0 Å². The number of aliphatic hydroxyl groups excluding tert-OH is 1. The molecule has 1 rings (SSSR count). The van der Waals surface area contributed by atoms with Crippen LogP contribution in [0.2, 0.25) is 0 Å². The van der Waals surface area contributed by atoms with Gasteiger partial charge in [0.05, 0.1) is 0 Å². The minimum Gasteiger partial charge on any atom is -0.400 e. The third kappa shape index (κ3) is 6.26. The van der Waals surface area contributed by atoms with E-state index in [4.69, 9.17) is 5.11 Å². The lowest BCUT2D eigenvalue weighted by atomic mass is 10.1. The molecule has 0 aromatic rings. The lowest BCUT2D eigenvalue weighted by molar-refractivity contribution is 0.281. The fourth-order valence-electron chi connectivity index (χ4n) is 1.15. The van der Waals surface area contributed by atoms with Crippen LogP contribution in [0.1, 0.15) is 25.7 Å². The molecule has 1 atom stereocenters. The van der Waals surface area contributed by atoms with Crippen LogP contribution in [0.3, 0.4) is 0 Å². The zero-order chi connectivity index (χ0) is 8.53. The second kappa shape index (κ2) is 7.95.